The molecule has 3 N–H and O–H groups in total. The number of thiophene rings is 1. The van der Waals surface area contributed by atoms with Gasteiger partial charge in [-0.3, -0.25) is 5.10 Å². The maximum Gasteiger partial charge on any atom is 0.404 e. The number of carbonyl (C=O) groups excluding carboxylic acids is 1. The molecule has 28 heavy (non-hydrogen) atoms. The Morgan fingerprint density at radius 2 is 1.86 bits per heavy atom. The maximum absolute atomic E-state index is 13.0. The van der Waals surface area contributed by atoms with E-state index in [9.17, 15) is 21.6 Å². The van der Waals surface area contributed by atoms with Gasteiger partial charge >= 0.3 is 6.09 Å². The fourth-order valence-corrected chi connectivity index (χ4v) is 5.85. The van der Waals surface area contributed by atoms with Crippen molar-refractivity contribution in [2.75, 3.05) is 6.26 Å². The molecule has 9 nitrogen and oxygen atoms in total. The van der Waals surface area contributed by atoms with Crippen LogP contribution in [0.3, 0.4) is 0 Å². The van der Waals surface area contributed by atoms with Crippen molar-refractivity contribution in [3.05, 3.63) is 47.6 Å². The first-order valence-electron chi connectivity index (χ1n) is 7.68. The van der Waals surface area contributed by atoms with E-state index in [2.05, 4.69) is 14.9 Å². The number of nitrogens with zero attached hydrogens (tertiary/aromatic N) is 1. The SMILES string of the molecule is CS(=O)(=O)c1cc(-c2cn[nH]c2)cc(S(=O)(=O)c2ccc(COC(N)=O)s2)c1. The smallest absolute Gasteiger partial charge is 0.404 e. The summed E-state index contributed by atoms with van der Waals surface area (Å²) in [5.41, 5.74) is 5.84. The van der Waals surface area contributed by atoms with Gasteiger partial charge in [-0.2, -0.15) is 5.10 Å². The van der Waals surface area contributed by atoms with Gasteiger partial charge in [-0.15, -0.1) is 11.3 Å². The number of hydrogen-bond donors (Lipinski definition) is 2. The molecule has 1 amide bonds. The van der Waals surface area contributed by atoms with Gasteiger partial charge in [-0.25, -0.2) is 21.6 Å². The van der Waals surface area contributed by atoms with Gasteiger partial charge in [0.05, 0.1) is 16.0 Å². The number of nitrogens with two attached hydrogens (primary N) is 1. The Kier molecular flexibility index (Phi) is 5.28. The van der Waals surface area contributed by atoms with Crippen LogP contribution in [0.4, 0.5) is 4.79 Å². The Hall–Kier alpha value is -2.70. The van der Waals surface area contributed by atoms with Crippen molar-refractivity contribution in [3.8, 4) is 11.1 Å². The Morgan fingerprint density at radius 3 is 2.46 bits per heavy atom. The highest BCUT2D eigenvalue weighted by Gasteiger charge is 2.24. The highest BCUT2D eigenvalue weighted by molar-refractivity contribution is 7.93. The van der Waals surface area contributed by atoms with Crippen LogP contribution in [0.15, 0.2) is 56.7 Å². The van der Waals surface area contributed by atoms with Crippen LogP contribution in [-0.2, 0) is 31.0 Å². The number of sulfone groups is 2. The van der Waals surface area contributed by atoms with E-state index in [4.69, 9.17) is 5.73 Å². The van der Waals surface area contributed by atoms with Crippen LogP contribution >= 0.6 is 11.3 Å². The summed E-state index contributed by atoms with van der Waals surface area (Å²) in [5.74, 6) is 0. The molecule has 0 atom stereocenters. The third-order valence-electron chi connectivity index (χ3n) is 3.71. The minimum atomic E-state index is -4.00. The highest BCUT2D eigenvalue weighted by Crippen LogP contribution is 2.32. The molecular weight excluding hydrogens is 426 g/mol. The standard InChI is InChI=1S/C16H15N3O6S3/c1-27(21,22)13-4-10(11-7-18-19-8-11)5-14(6-13)28(23,24)15-3-2-12(26-15)9-25-16(17)20/h2-8H,9H2,1H3,(H2,17,20)(H,18,19). The minimum absolute atomic E-state index is 0.0145. The van der Waals surface area contributed by atoms with Crippen molar-refractivity contribution >= 4 is 37.1 Å². The van der Waals surface area contributed by atoms with Gasteiger partial charge in [0.1, 0.15) is 10.8 Å². The number of rotatable bonds is 6. The van der Waals surface area contributed by atoms with Crippen molar-refractivity contribution in [1.82, 2.24) is 10.2 Å². The molecule has 0 saturated carbocycles. The number of aromatic nitrogens is 2. The molecule has 0 fully saturated rings. The molecule has 1 aromatic carbocycles. The van der Waals surface area contributed by atoms with Crippen molar-refractivity contribution in [2.24, 2.45) is 5.73 Å². The van der Waals surface area contributed by atoms with Gasteiger partial charge in [0, 0.05) is 22.9 Å². The van der Waals surface area contributed by atoms with E-state index in [1.54, 1.807) is 0 Å². The Morgan fingerprint density at radius 1 is 1.14 bits per heavy atom. The first-order chi connectivity index (χ1) is 13.1. The second-order valence-corrected chi connectivity index (χ2v) is 11.1. The van der Waals surface area contributed by atoms with Crippen LogP contribution in [0, 0.1) is 0 Å². The number of ether oxygens (including phenoxy) is 1. The van der Waals surface area contributed by atoms with Gasteiger partial charge < -0.3 is 10.5 Å². The molecule has 3 rings (SSSR count). The topological polar surface area (TPSA) is 149 Å². The molecule has 0 aliphatic heterocycles. The predicted octanol–water partition coefficient (Wildman–Crippen LogP) is 1.97. The zero-order valence-electron chi connectivity index (χ0n) is 14.4. The Labute approximate surface area is 165 Å². The summed E-state index contributed by atoms with van der Waals surface area (Å²) < 4.78 is 54.8. The summed E-state index contributed by atoms with van der Waals surface area (Å²) in [6.07, 6.45) is 3.02. The molecule has 2 heterocycles. The molecule has 3 aromatic rings. The quantitative estimate of drug-likeness (QED) is 0.594. The monoisotopic (exact) mass is 441 g/mol. The molecule has 0 bridgehead atoms. The van der Waals surface area contributed by atoms with E-state index in [-0.39, 0.29) is 20.6 Å². The van der Waals surface area contributed by atoms with Crippen LogP contribution < -0.4 is 5.73 Å². The number of primary amides is 1. The first-order valence-corrected chi connectivity index (χ1v) is 11.9. The molecule has 0 spiro atoms. The normalized spacial score (nSPS) is 12.0. The molecule has 0 aliphatic carbocycles. The average Bonchev–Trinajstić information content (AvgIpc) is 3.31. The molecule has 2 aromatic heterocycles. The summed E-state index contributed by atoms with van der Waals surface area (Å²) in [7, 11) is -7.66. The van der Waals surface area contributed by atoms with Gasteiger partial charge in [0.25, 0.3) is 0 Å². The second kappa shape index (κ2) is 7.37. The lowest BCUT2D eigenvalue weighted by Crippen LogP contribution is -2.12. The van der Waals surface area contributed by atoms with Crippen LogP contribution in [0.1, 0.15) is 4.88 Å². The van der Waals surface area contributed by atoms with Crippen molar-refractivity contribution < 1.29 is 26.4 Å². The summed E-state index contributed by atoms with van der Waals surface area (Å²) in [6.45, 7) is -0.154. The third kappa shape index (κ3) is 4.24. The van der Waals surface area contributed by atoms with Crippen molar-refractivity contribution in [1.29, 1.82) is 0 Å². The molecule has 0 saturated heterocycles. The van der Waals surface area contributed by atoms with Gasteiger partial charge in [-0.05, 0) is 35.9 Å². The lowest BCUT2D eigenvalue weighted by Gasteiger charge is -2.08. The largest absolute Gasteiger partial charge is 0.444 e. The number of hydrogen-bond acceptors (Lipinski definition) is 8. The molecule has 0 aliphatic rings. The van der Waals surface area contributed by atoms with Gasteiger partial charge in [0.2, 0.25) is 9.84 Å². The number of carbonyl (C=O) groups is 1. The number of amides is 1. The lowest BCUT2D eigenvalue weighted by atomic mass is 10.1. The number of aromatic amines is 1. The van der Waals surface area contributed by atoms with E-state index in [0.29, 0.717) is 16.0 Å². The number of H-pyrrole nitrogens is 1. The summed E-state index contributed by atoms with van der Waals surface area (Å²) in [4.78, 5) is 10.9. The average molecular weight is 442 g/mol. The second-order valence-electron chi connectivity index (χ2n) is 5.78. The lowest BCUT2D eigenvalue weighted by molar-refractivity contribution is 0.151. The minimum Gasteiger partial charge on any atom is -0.444 e. The van der Waals surface area contributed by atoms with E-state index in [1.165, 1.54) is 36.7 Å². The van der Waals surface area contributed by atoms with Gasteiger partial charge in [-0.1, -0.05) is 0 Å². The molecule has 12 heteroatoms. The molecule has 0 radical (unpaired) electrons. The Balaban J connectivity index is 2.08. The fourth-order valence-electron chi connectivity index (χ4n) is 2.36. The summed E-state index contributed by atoms with van der Waals surface area (Å²) >= 11 is 0.905. The van der Waals surface area contributed by atoms with Gasteiger partial charge in [0.15, 0.2) is 9.84 Å². The fraction of sp³-hybridized carbons (Fsp3) is 0.125. The Bertz CT molecular complexity index is 1230. The van der Waals surface area contributed by atoms with E-state index >= 15 is 0 Å². The zero-order valence-corrected chi connectivity index (χ0v) is 16.9. The van der Waals surface area contributed by atoms with E-state index < -0.39 is 25.8 Å². The van der Waals surface area contributed by atoms with Crippen LogP contribution in [-0.4, -0.2) is 39.4 Å². The van der Waals surface area contributed by atoms with Crippen LogP contribution in [0.2, 0.25) is 0 Å². The van der Waals surface area contributed by atoms with Crippen molar-refractivity contribution in [2.45, 2.75) is 20.6 Å². The first kappa shape index (κ1) is 20.0. The number of benzene rings is 1. The van der Waals surface area contributed by atoms with Crippen molar-refractivity contribution in [3.63, 3.8) is 0 Å². The highest BCUT2D eigenvalue weighted by atomic mass is 32.2. The molecule has 148 valence electrons. The molecule has 0 unspecified atom stereocenters. The number of nitrogens with one attached hydrogen (secondary N) is 1. The third-order valence-corrected chi connectivity index (χ3v) is 8.08. The summed E-state index contributed by atoms with van der Waals surface area (Å²) in [6, 6.07) is 6.75. The molecular formula is C16H15N3O6S3. The van der Waals surface area contributed by atoms with E-state index in [0.717, 1.165) is 23.7 Å². The maximum atomic E-state index is 13.0. The van der Waals surface area contributed by atoms with Crippen LogP contribution in [0.25, 0.3) is 11.1 Å². The van der Waals surface area contributed by atoms with Crippen LogP contribution in [0.5, 0.6) is 0 Å². The predicted molar refractivity (Wildman–Crippen MR) is 101 cm³/mol. The van der Waals surface area contributed by atoms with E-state index in [1.807, 2.05) is 0 Å². The zero-order chi connectivity index (χ0) is 20.5. The summed E-state index contributed by atoms with van der Waals surface area (Å²) in [5, 5.41) is 6.41.